The van der Waals surface area contributed by atoms with Crippen molar-refractivity contribution in [2.45, 2.75) is 12.7 Å². The van der Waals surface area contributed by atoms with Crippen LogP contribution in [0.5, 0.6) is 0 Å². The molecule has 0 atom stereocenters. The first-order chi connectivity index (χ1) is 7.82. The van der Waals surface area contributed by atoms with Gasteiger partial charge in [0.1, 0.15) is 12.4 Å². The first-order valence-corrected chi connectivity index (χ1v) is 4.33. The zero-order chi connectivity index (χ0) is 13.1. The van der Waals surface area contributed by atoms with Gasteiger partial charge in [-0.1, -0.05) is 4.98 Å². The van der Waals surface area contributed by atoms with Gasteiger partial charge < -0.3 is 15.4 Å². The molecule has 0 aliphatic carbocycles. The molecule has 1 rings (SSSR count). The molecular formula is C7H7F3N4O3. The number of nitro groups is 1. The number of amides is 1. The highest BCUT2D eigenvalue weighted by Gasteiger charge is 2.38. The number of rotatable bonds is 4. The lowest BCUT2D eigenvalue weighted by Gasteiger charge is -2.07. The Morgan fingerprint density at radius 1 is 1.59 bits per heavy atom. The van der Waals surface area contributed by atoms with Gasteiger partial charge in [-0.3, -0.25) is 4.79 Å². The number of carbonyl (C=O) groups excluding carboxylic acids is 1. The maximum Gasteiger partial charge on any atom is 0.471 e. The number of hydrogen-bond donors (Lipinski definition) is 1. The number of aromatic nitrogens is 2. The quantitative estimate of drug-likeness (QED) is 0.623. The van der Waals surface area contributed by atoms with Crippen LogP contribution in [0.3, 0.4) is 0 Å². The molecule has 0 unspecified atom stereocenters. The number of nitrogens with zero attached hydrogens (tertiary/aromatic N) is 3. The lowest BCUT2D eigenvalue weighted by atomic mass is 10.5. The molecule has 94 valence electrons. The summed E-state index contributed by atoms with van der Waals surface area (Å²) in [6.45, 7) is -0.548. The Balaban J connectivity index is 2.49. The van der Waals surface area contributed by atoms with E-state index >= 15 is 0 Å². The van der Waals surface area contributed by atoms with Crippen LogP contribution in [0.1, 0.15) is 0 Å². The largest absolute Gasteiger partial charge is 0.471 e. The lowest BCUT2D eigenvalue weighted by Crippen LogP contribution is -2.38. The number of alkyl halides is 3. The molecule has 1 aromatic heterocycles. The van der Waals surface area contributed by atoms with Crippen molar-refractivity contribution >= 4 is 11.9 Å². The van der Waals surface area contributed by atoms with Gasteiger partial charge >= 0.3 is 18.0 Å². The van der Waals surface area contributed by atoms with Crippen molar-refractivity contribution in [2.75, 3.05) is 6.54 Å². The summed E-state index contributed by atoms with van der Waals surface area (Å²) in [4.78, 5) is 23.4. The molecule has 0 saturated heterocycles. The molecule has 10 heteroatoms. The SMILES string of the molecule is O=C(NCCn1ccnc1[N+](=O)[O-])C(F)(F)F. The lowest BCUT2D eigenvalue weighted by molar-refractivity contribution is -0.396. The molecule has 0 saturated carbocycles. The molecule has 1 amide bonds. The molecule has 1 N–H and O–H groups in total. The number of carbonyl (C=O) groups is 1. The zero-order valence-electron chi connectivity index (χ0n) is 8.27. The highest BCUT2D eigenvalue weighted by molar-refractivity contribution is 5.81. The highest BCUT2D eigenvalue weighted by atomic mass is 19.4. The molecule has 0 fully saturated rings. The van der Waals surface area contributed by atoms with Crippen molar-refractivity contribution in [3.8, 4) is 0 Å². The zero-order valence-corrected chi connectivity index (χ0v) is 8.27. The maximum absolute atomic E-state index is 11.8. The van der Waals surface area contributed by atoms with E-state index in [0.29, 0.717) is 0 Å². The van der Waals surface area contributed by atoms with E-state index < -0.39 is 23.0 Å². The Bertz CT molecular complexity index is 428. The molecule has 7 nitrogen and oxygen atoms in total. The predicted octanol–water partition coefficient (Wildman–Crippen LogP) is 0.470. The molecule has 0 radical (unpaired) electrons. The van der Waals surface area contributed by atoms with Crippen LogP contribution in [0.25, 0.3) is 0 Å². The minimum atomic E-state index is -4.96. The maximum atomic E-state index is 11.8. The summed E-state index contributed by atoms with van der Waals surface area (Å²) in [5.41, 5.74) is 0. The van der Waals surface area contributed by atoms with Crippen LogP contribution in [-0.4, -0.2) is 33.1 Å². The van der Waals surface area contributed by atoms with Gasteiger partial charge in [-0.25, -0.2) is 4.57 Å². The molecule has 0 aromatic carbocycles. The van der Waals surface area contributed by atoms with Crippen LogP contribution in [-0.2, 0) is 11.3 Å². The monoisotopic (exact) mass is 252 g/mol. The second-order valence-electron chi connectivity index (χ2n) is 2.93. The van der Waals surface area contributed by atoms with Gasteiger partial charge in [0.05, 0.1) is 6.54 Å². The fraction of sp³-hybridized carbons (Fsp3) is 0.429. The fourth-order valence-electron chi connectivity index (χ4n) is 1.04. The first-order valence-electron chi connectivity index (χ1n) is 4.33. The molecule has 0 bridgehead atoms. The van der Waals surface area contributed by atoms with Gasteiger partial charge in [-0.15, -0.1) is 0 Å². The van der Waals surface area contributed by atoms with Crippen LogP contribution in [0.4, 0.5) is 19.1 Å². The van der Waals surface area contributed by atoms with Crippen LogP contribution in [0.2, 0.25) is 0 Å². The topological polar surface area (TPSA) is 90.1 Å². The van der Waals surface area contributed by atoms with Crippen molar-refractivity contribution in [3.63, 3.8) is 0 Å². The number of hydrogen-bond acceptors (Lipinski definition) is 4. The molecule has 1 aromatic rings. The Morgan fingerprint density at radius 2 is 2.24 bits per heavy atom. The van der Waals surface area contributed by atoms with Crippen molar-refractivity contribution < 1.29 is 22.9 Å². The summed E-state index contributed by atoms with van der Waals surface area (Å²) < 4.78 is 36.4. The average Bonchev–Trinajstić information content (AvgIpc) is 2.64. The van der Waals surface area contributed by atoms with Crippen molar-refractivity contribution in [1.82, 2.24) is 14.9 Å². The molecule has 0 spiro atoms. The van der Waals surface area contributed by atoms with Gasteiger partial charge in [-0.2, -0.15) is 13.2 Å². The van der Waals surface area contributed by atoms with Crippen LogP contribution in [0, 0.1) is 10.1 Å². The highest BCUT2D eigenvalue weighted by Crippen LogP contribution is 2.14. The van der Waals surface area contributed by atoms with Gasteiger partial charge in [0.25, 0.3) is 0 Å². The number of nitrogens with one attached hydrogen (secondary N) is 1. The summed E-state index contributed by atoms with van der Waals surface area (Å²) in [6.07, 6.45) is -2.58. The standard InChI is InChI=1S/C7H7F3N4O3/c8-7(9,10)5(15)11-1-3-13-4-2-12-6(13)14(16)17/h2,4H,1,3H2,(H,11,15). The molecule has 0 aliphatic rings. The van der Waals surface area contributed by atoms with E-state index in [1.54, 1.807) is 5.32 Å². The summed E-state index contributed by atoms with van der Waals surface area (Å²) in [7, 11) is 0. The van der Waals surface area contributed by atoms with Crippen molar-refractivity contribution in [2.24, 2.45) is 0 Å². The van der Waals surface area contributed by atoms with Crippen molar-refractivity contribution in [1.29, 1.82) is 0 Å². The first kappa shape index (κ1) is 12.9. The van der Waals surface area contributed by atoms with Crippen molar-refractivity contribution in [3.05, 3.63) is 22.5 Å². The minimum Gasteiger partial charge on any atom is -0.390 e. The van der Waals surface area contributed by atoms with Gasteiger partial charge in [0, 0.05) is 6.54 Å². The third kappa shape index (κ3) is 3.43. The van der Waals surface area contributed by atoms with E-state index in [2.05, 4.69) is 4.98 Å². The third-order valence-electron chi connectivity index (χ3n) is 1.75. The summed E-state index contributed by atoms with van der Waals surface area (Å²) in [5, 5.41) is 12.0. The number of imidazole rings is 1. The van der Waals surface area contributed by atoms with Gasteiger partial charge in [-0.05, 0) is 4.92 Å². The fourth-order valence-corrected chi connectivity index (χ4v) is 1.04. The summed E-state index contributed by atoms with van der Waals surface area (Å²) in [5.74, 6) is -2.58. The van der Waals surface area contributed by atoms with E-state index in [0.717, 1.165) is 10.8 Å². The Hall–Kier alpha value is -2.13. The van der Waals surface area contributed by atoms with Crippen LogP contribution < -0.4 is 5.32 Å². The second kappa shape index (κ2) is 4.80. The molecule has 17 heavy (non-hydrogen) atoms. The summed E-state index contributed by atoms with van der Waals surface area (Å²) >= 11 is 0. The molecule has 0 aliphatic heterocycles. The predicted molar refractivity (Wildman–Crippen MR) is 47.9 cm³/mol. The average molecular weight is 252 g/mol. The smallest absolute Gasteiger partial charge is 0.390 e. The van der Waals surface area contributed by atoms with E-state index in [1.807, 2.05) is 0 Å². The number of halogens is 3. The second-order valence-corrected chi connectivity index (χ2v) is 2.93. The third-order valence-corrected chi connectivity index (χ3v) is 1.75. The Morgan fingerprint density at radius 3 is 2.76 bits per heavy atom. The van der Waals surface area contributed by atoms with Crippen LogP contribution in [0.15, 0.2) is 12.4 Å². The molecule has 1 heterocycles. The Labute approximate surface area is 92.4 Å². The van der Waals surface area contributed by atoms with Gasteiger partial charge in [0.15, 0.2) is 0 Å². The summed E-state index contributed by atoms with van der Waals surface area (Å²) in [6, 6.07) is 0. The van der Waals surface area contributed by atoms with E-state index in [9.17, 15) is 28.1 Å². The van der Waals surface area contributed by atoms with E-state index in [4.69, 9.17) is 0 Å². The van der Waals surface area contributed by atoms with Gasteiger partial charge in [0.2, 0.25) is 0 Å². The minimum absolute atomic E-state index is 0.169. The normalized spacial score (nSPS) is 11.2. The molecular weight excluding hydrogens is 245 g/mol. The van der Waals surface area contributed by atoms with Crippen LogP contribution >= 0.6 is 0 Å². The Kier molecular flexibility index (Phi) is 3.66. The van der Waals surface area contributed by atoms with E-state index in [1.165, 1.54) is 6.20 Å². The van der Waals surface area contributed by atoms with E-state index in [-0.39, 0.29) is 13.1 Å².